The maximum Gasteiger partial charge on any atom is 0.321 e. The lowest BCUT2D eigenvalue weighted by Gasteiger charge is -2.71. The number of piperidine rings is 4. The summed E-state index contributed by atoms with van der Waals surface area (Å²) in [5.41, 5.74) is -9.85. The number of carboxylic acids is 4. The highest BCUT2D eigenvalue weighted by atomic mass is 16.4. The molecule has 1 unspecified atom stereocenters. The quantitative estimate of drug-likeness (QED) is 0.130. The van der Waals surface area contributed by atoms with Crippen LogP contribution in [0.4, 0.5) is 0 Å². The van der Waals surface area contributed by atoms with Crippen LogP contribution in [0, 0.1) is 45.8 Å². The average molecular weight is 889 g/mol. The predicted molar refractivity (Wildman–Crippen MR) is 251 cm³/mol. The van der Waals surface area contributed by atoms with Gasteiger partial charge in [-0.1, -0.05) is 0 Å². The Labute approximate surface area is 382 Å². The van der Waals surface area contributed by atoms with E-state index in [1.165, 1.54) is 6.92 Å². The molecule has 4 rings (SSSR count). The molecule has 0 aromatic carbocycles. The Kier molecular flexibility index (Phi) is 13.7. The van der Waals surface area contributed by atoms with Gasteiger partial charge in [0.05, 0.1) is 0 Å². The van der Waals surface area contributed by atoms with Gasteiger partial charge in [-0.2, -0.15) is 0 Å². The second kappa shape index (κ2) is 16.2. The molecule has 0 saturated carbocycles. The van der Waals surface area contributed by atoms with Crippen LogP contribution in [0.3, 0.4) is 0 Å². The van der Waals surface area contributed by atoms with Crippen molar-refractivity contribution in [2.75, 3.05) is 28.2 Å². The summed E-state index contributed by atoms with van der Waals surface area (Å²) in [4.78, 5) is 67.2. The van der Waals surface area contributed by atoms with Gasteiger partial charge in [-0.05, 0) is 240 Å². The smallest absolute Gasteiger partial charge is 0.321 e. The molecule has 4 fully saturated rings. The van der Waals surface area contributed by atoms with E-state index in [2.05, 4.69) is 159 Å². The van der Waals surface area contributed by atoms with Crippen LogP contribution in [0.15, 0.2) is 0 Å². The number of hydrogen-bond acceptors (Lipinski definition) is 8. The fourth-order valence-corrected chi connectivity index (χ4v) is 15.5. The summed E-state index contributed by atoms with van der Waals surface area (Å²) in [6.45, 7) is 36.2. The maximum absolute atomic E-state index is 15.8. The van der Waals surface area contributed by atoms with Crippen molar-refractivity contribution in [3.8, 4) is 0 Å². The van der Waals surface area contributed by atoms with Gasteiger partial charge in [-0.15, -0.1) is 0 Å². The monoisotopic (exact) mass is 889 g/mol. The van der Waals surface area contributed by atoms with E-state index in [-0.39, 0.29) is 6.42 Å². The van der Waals surface area contributed by atoms with Gasteiger partial charge in [-0.3, -0.25) is 38.8 Å². The molecule has 0 amide bonds. The van der Waals surface area contributed by atoms with E-state index in [0.717, 1.165) is 0 Å². The first kappa shape index (κ1) is 53.3. The molecule has 0 aromatic heterocycles. The molecule has 0 radical (unpaired) electrons. The Morgan fingerprint density at radius 1 is 0.444 bits per heavy atom. The summed E-state index contributed by atoms with van der Waals surface area (Å²) >= 11 is 0. The number of rotatable bonds is 13. The first-order valence-corrected chi connectivity index (χ1v) is 23.9. The number of likely N-dealkylation sites (tertiary alicyclic amines) is 4. The number of nitrogens with zero attached hydrogens (tertiary/aromatic N) is 4. The van der Waals surface area contributed by atoms with E-state index in [1.807, 2.05) is 0 Å². The molecule has 12 nitrogen and oxygen atoms in total. The van der Waals surface area contributed by atoms with Crippen LogP contribution in [-0.4, -0.2) is 136 Å². The molecule has 1 atom stereocenters. The van der Waals surface area contributed by atoms with Gasteiger partial charge in [-0.25, -0.2) is 0 Å². The largest absolute Gasteiger partial charge is 0.480 e. The zero-order valence-corrected chi connectivity index (χ0v) is 43.7. The first-order valence-electron chi connectivity index (χ1n) is 23.9. The van der Waals surface area contributed by atoms with Crippen molar-refractivity contribution in [3.05, 3.63) is 0 Å². The molecule has 4 aliphatic rings. The van der Waals surface area contributed by atoms with Crippen LogP contribution in [0.25, 0.3) is 0 Å². The van der Waals surface area contributed by atoms with Gasteiger partial charge in [0, 0.05) is 49.7 Å². The average Bonchev–Trinajstić information content (AvgIpc) is 3.08. The third-order valence-corrected chi connectivity index (χ3v) is 19.7. The van der Waals surface area contributed by atoms with E-state index in [4.69, 9.17) is 0 Å². The third kappa shape index (κ3) is 8.53. The normalized spacial score (nSPS) is 28.0. The van der Waals surface area contributed by atoms with Gasteiger partial charge < -0.3 is 20.4 Å². The highest BCUT2D eigenvalue weighted by molar-refractivity contribution is 6.00. The minimum atomic E-state index is -2.47. The summed E-state index contributed by atoms with van der Waals surface area (Å²) in [7, 11) is 8.46. The molecule has 12 heteroatoms. The molecule has 4 N–H and O–H groups in total. The maximum atomic E-state index is 15.8. The lowest BCUT2D eigenvalue weighted by molar-refractivity contribution is -0.251. The molecule has 4 heterocycles. The van der Waals surface area contributed by atoms with Crippen molar-refractivity contribution < 1.29 is 39.6 Å². The van der Waals surface area contributed by atoms with Gasteiger partial charge >= 0.3 is 23.9 Å². The minimum Gasteiger partial charge on any atom is -0.480 e. The molecule has 0 aromatic rings. The number of aliphatic carboxylic acids is 4. The van der Waals surface area contributed by atoms with E-state index in [9.17, 15) is 30.0 Å². The summed E-state index contributed by atoms with van der Waals surface area (Å²) in [6, 6.07) is 0. The highest BCUT2D eigenvalue weighted by Crippen LogP contribution is 2.72. The SMILES string of the molecule is CN1C(C)(C)CC(C(CCC(C)(C(=O)O)C(=O)O)C(C(=O)O)(C(=O)O)C(C2CC(C)(C)N(C)C(C)(C)C2)(C2CC(C)(C)N(C)C(C)(C)C2)C2CC(C)(C)N(C)C(C)(C)C2)CC1(C)C. The zero-order chi connectivity index (χ0) is 49.1. The second-order valence-electron chi connectivity index (χ2n) is 26.7. The van der Waals surface area contributed by atoms with Crippen LogP contribution in [0.5, 0.6) is 0 Å². The Bertz CT molecular complexity index is 1570. The van der Waals surface area contributed by atoms with Crippen molar-refractivity contribution >= 4 is 23.9 Å². The Morgan fingerprint density at radius 3 is 0.873 bits per heavy atom. The lowest BCUT2D eigenvalue weighted by atomic mass is 9.35. The first-order chi connectivity index (χ1) is 28.0. The second-order valence-corrected chi connectivity index (χ2v) is 26.7. The lowest BCUT2D eigenvalue weighted by Crippen LogP contribution is -2.75. The molecule has 63 heavy (non-hydrogen) atoms. The van der Waals surface area contributed by atoms with E-state index in [1.54, 1.807) is 0 Å². The summed E-state index contributed by atoms with van der Waals surface area (Å²) in [5, 5.41) is 46.9. The van der Waals surface area contributed by atoms with Crippen molar-refractivity contribution in [3.63, 3.8) is 0 Å². The molecule has 364 valence electrons. The predicted octanol–water partition coefficient (Wildman–Crippen LogP) is 9.30. The molecular formula is C51H92N4O8. The van der Waals surface area contributed by atoms with Gasteiger partial charge in [0.25, 0.3) is 0 Å². The van der Waals surface area contributed by atoms with Crippen LogP contribution >= 0.6 is 0 Å². The molecular weight excluding hydrogens is 797 g/mol. The topological polar surface area (TPSA) is 162 Å². The number of hydrogen-bond donors (Lipinski definition) is 4. The van der Waals surface area contributed by atoms with E-state index in [0.29, 0.717) is 51.4 Å². The molecule has 4 aliphatic heterocycles. The Hall–Kier alpha value is -2.28. The Morgan fingerprint density at radius 2 is 0.667 bits per heavy atom. The number of carboxylic acid groups (broad SMARTS) is 4. The molecule has 0 spiro atoms. The molecule has 0 aliphatic carbocycles. The van der Waals surface area contributed by atoms with Crippen molar-refractivity contribution in [2.45, 2.75) is 226 Å². The summed E-state index contributed by atoms with van der Waals surface area (Å²) in [5.74, 6) is -8.60. The van der Waals surface area contributed by atoms with Crippen LogP contribution in [0.2, 0.25) is 0 Å². The summed E-state index contributed by atoms with van der Waals surface area (Å²) in [6.07, 6.45) is 3.72. The summed E-state index contributed by atoms with van der Waals surface area (Å²) < 4.78 is 0. The van der Waals surface area contributed by atoms with Gasteiger partial charge in [0.2, 0.25) is 0 Å². The fourth-order valence-electron chi connectivity index (χ4n) is 15.5. The molecule has 0 bridgehead atoms. The van der Waals surface area contributed by atoms with Crippen molar-refractivity contribution in [1.82, 2.24) is 19.6 Å². The van der Waals surface area contributed by atoms with Gasteiger partial charge in [0.15, 0.2) is 10.8 Å². The van der Waals surface area contributed by atoms with E-state index < -0.39 is 120 Å². The van der Waals surface area contributed by atoms with Crippen molar-refractivity contribution in [2.24, 2.45) is 45.8 Å². The third-order valence-electron chi connectivity index (χ3n) is 19.7. The highest BCUT2D eigenvalue weighted by Gasteiger charge is 2.77. The fraction of sp³-hybridized carbons (Fsp3) is 0.922. The van der Waals surface area contributed by atoms with E-state index >= 15 is 9.59 Å². The van der Waals surface area contributed by atoms with Crippen LogP contribution < -0.4 is 0 Å². The van der Waals surface area contributed by atoms with Crippen LogP contribution in [0.1, 0.15) is 182 Å². The van der Waals surface area contributed by atoms with Crippen LogP contribution in [-0.2, 0) is 19.2 Å². The van der Waals surface area contributed by atoms with Crippen molar-refractivity contribution in [1.29, 1.82) is 0 Å². The Balaban J connectivity index is 2.40. The zero-order valence-electron chi connectivity index (χ0n) is 43.7. The van der Waals surface area contributed by atoms with Gasteiger partial charge in [0.1, 0.15) is 0 Å². The minimum absolute atomic E-state index is 0.186. The molecule has 4 saturated heterocycles. The standard InChI is InChI=1S/C51H92N4O8/c1-41(2)24-32(25-42(3,4)52(41)18)36(22-23-49(17,37(56)57)38(58)59)51(39(60)61,40(62)63)50(33-26-43(5,6)53(19)44(7,8)27-33,34-28-45(9,10)54(20)46(11,12)29-34)35-30-47(13,14)55(21)48(15,16)31-35/h32-36H,22-31H2,1-21H3,(H,56,57)(H,58,59)(H,60,61)(H,62,63). The number of carbonyl (C=O) groups is 4.